The number of rotatable bonds is 6. The molecule has 0 radical (unpaired) electrons. The third-order valence-electron chi connectivity index (χ3n) is 5.03. The van der Waals surface area contributed by atoms with E-state index >= 15 is 0 Å². The number of nitrogens with zero attached hydrogens (tertiary/aromatic N) is 2. The Morgan fingerprint density at radius 3 is 2.67 bits per heavy atom. The van der Waals surface area contributed by atoms with Crippen molar-refractivity contribution < 1.29 is 0 Å². The molecule has 2 heterocycles. The van der Waals surface area contributed by atoms with Crippen LogP contribution in [0.5, 0.6) is 0 Å². The molecule has 0 spiro atoms. The van der Waals surface area contributed by atoms with Gasteiger partial charge in [0.05, 0.1) is 11.1 Å². The maximum atomic E-state index is 13.7. The SMILES string of the molecule is CCCc1sc2nc(SCc3cccc(Cl)c3)n(-c3cccc(C)c3)c(=O)c2c1C. The van der Waals surface area contributed by atoms with Gasteiger partial charge in [0.1, 0.15) is 4.83 Å². The van der Waals surface area contributed by atoms with Gasteiger partial charge in [0, 0.05) is 15.7 Å². The highest BCUT2D eigenvalue weighted by Gasteiger charge is 2.19. The third kappa shape index (κ3) is 4.20. The number of aromatic nitrogens is 2. The Bertz CT molecular complexity index is 1280. The van der Waals surface area contributed by atoms with Crippen LogP contribution in [0, 0.1) is 13.8 Å². The van der Waals surface area contributed by atoms with E-state index in [1.165, 1.54) is 4.88 Å². The fourth-order valence-corrected chi connectivity index (χ4v) is 6.03. The molecule has 0 aliphatic heterocycles. The Kier molecular flexibility index (Phi) is 6.32. The molecule has 4 aromatic rings. The molecule has 0 atom stereocenters. The van der Waals surface area contributed by atoms with E-state index in [9.17, 15) is 4.79 Å². The smallest absolute Gasteiger partial charge is 0.267 e. The minimum Gasteiger partial charge on any atom is -0.268 e. The van der Waals surface area contributed by atoms with Crippen molar-refractivity contribution in [2.75, 3.05) is 0 Å². The Morgan fingerprint density at radius 1 is 1.13 bits per heavy atom. The molecule has 0 saturated carbocycles. The van der Waals surface area contributed by atoms with Crippen LogP contribution in [0.3, 0.4) is 0 Å². The summed E-state index contributed by atoms with van der Waals surface area (Å²) in [6, 6.07) is 15.8. The molecule has 0 bridgehead atoms. The van der Waals surface area contributed by atoms with E-state index in [4.69, 9.17) is 16.6 Å². The van der Waals surface area contributed by atoms with Gasteiger partial charge in [-0.3, -0.25) is 9.36 Å². The van der Waals surface area contributed by atoms with E-state index in [1.54, 1.807) is 27.7 Å². The summed E-state index contributed by atoms with van der Waals surface area (Å²) < 4.78 is 1.76. The van der Waals surface area contributed by atoms with E-state index in [0.29, 0.717) is 15.9 Å². The van der Waals surface area contributed by atoms with Crippen molar-refractivity contribution in [3.05, 3.63) is 85.5 Å². The maximum Gasteiger partial charge on any atom is 0.267 e. The van der Waals surface area contributed by atoms with Crippen LogP contribution >= 0.6 is 34.7 Å². The molecule has 4 rings (SSSR count). The van der Waals surface area contributed by atoms with E-state index in [0.717, 1.165) is 45.4 Å². The second-order valence-corrected chi connectivity index (χ2v) is 9.84. The quantitative estimate of drug-likeness (QED) is 0.233. The molecular formula is C24H23ClN2OS2. The minimum atomic E-state index is 0.00953. The predicted octanol–water partition coefficient (Wildman–Crippen LogP) is 6.96. The Hall–Kier alpha value is -2.08. The molecule has 2 aromatic heterocycles. The normalized spacial score (nSPS) is 11.3. The van der Waals surface area contributed by atoms with E-state index in [2.05, 4.69) is 6.92 Å². The molecule has 0 aliphatic carbocycles. The van der Waals surface area contributed by atoms with Crippen molar-refractivity contribution in [3.63, 3.8) is 0 Å². The Labute approximate surface area is 189 Å². The Morgan fingerprint density at radius 2 is 1.93 bits per heavy atom. The first kappa shape index (κ1) is 21.2. The lowest BCUT2D eigenvalue weighted by atomic mass is 10.1. The number of fused-ring (bicyclic) bond motifs is 1. The Balaban J connectivity index is 1.88. The summed E-state index contributed by atoms with van der Waals surface area (Å²) in [6.45, 7) is 6.25. The van der Waals surface area contributed by atoms with Gasteiger partial charge in [0.15, 0.2) is 5.16 Å². The first-order chi connectivity index (χ1) is 14.5. The molecule has 154 valence electrons. The monoisotopic (exact) mass is 454 g/mol. The zero-order valence-electron chi connectivity index (χ0n) is 17.2. The fraction of sp³-hybridized carbons (Fsp3) is 0.250. The van der Waals surface area contributed by atoms with Gasteiger partial charge in [-0.15, -0.1) is 11.3 Å². The van der Waals surface area contributed by atoms with Crippen LogP contribution in [0.2, 0.25) is 5.02 Å². The van der Waals surface area contributed by atoms with Gasteiger partial charge in [0.2, 0.25) is 0 Å². The molecule has 0 amide bonds. The zero-order valence-corrected chi connectivity index (χ0v) is 19.6. The lowest BCUT2D eigenvalue weighted by molar-refractivity contribution is 0.820. The predicted molar refractivity (Wildman–Crippen MR) is 130 cm³/mol. The molecule has 30 heavy (non-hydrogen) atoms. The number of benzene rings is 2. The third-order valence-corrected chi connectivity index (χ3v) is 7.52. The van der Waals surface area contributed by atoms with Crippen molar-refractivity contribution in [3.8, 4) is 5.69 Å². The van der Waals surface area contributed by atoms with Crippen molar-refractivity contribution in [1.82, 2.24) is 9.55 Å². The molecule has 0 unspecified atom stereocenters. The fourth-order valence-electron chi connectivity index (χ4n) is 3.54. The van der Waals surface area contributed by atoms with Crippen LogP contribution in [-0.4, -0.2) is 9.55 Å². The molecule has 0 N–H and O–H groups in total. The molecule has 0 saturated heterocycles. The topological polar surface area (TPSA) is 34.9 Å². The van der Waals surface area contributed by atoms with Crippen LogP contribution in [-0.2, 0) is 12.2 Å². The first-order valence-electron chi connectivity index (χ1n) is 9.97. The molecule has 0 aliphatic rings. The average Bonchev–Trinajstić information content (AvgIpc) is 3.02. The highest BCUT2D eigenvalue weighted by atomic mass is 35.5. The highest BCUT2D eigenvalue weighted by molar-refractivity contribution is 7.98. The largest absolute Gasteiger partial charge is 0.268 e. The minimum absolute atomic E-state index is 0.00953. The number of thiophene rings is 1. The van der Waals surface area contributed by atoms with E-state index in [1.807, 2.05) is 62.4 Å². The molecular weight excluding hydrogens is 432 g/mol. The van der Waals surface area contributed by atoms with Crippen LogP contribution in [0.4, 0.5) is 0 Å². The van der Waals surface area contributed by atoms with Crippen molar-refractivity contribution in [2.45, 2.75) is 44.5 Å². The second-order valence-electron chi connectivity index (χ2n) is 7.37. The summed E-state index contributed by atoms with van der Waals surface area (Å²) in [6.07, 6.45) is 2.03. The average molecular weight is 455 g/mol. The number of hydrogen-bond acceptors (Lipinski definition) is 4. The van der Waals surface area contributed by atoms with Crippen molar-refractivity contribution in [2.24, 2.45) is 0 Å². The number of aryl methyl sites for hydroxylation is 3. The summed E-state index contributed by atoms with van der Waals surface area (Å²) in [5.74, 6) is 0.691. The van der Waals surface area contributed by atoms with Crippen molar-refractivity contribution >= 4 is 44.9 Å². The molecule has 2 aromatic carbocycles. The standard InChI is InChI=1S/C24H23ClN2OS2/c1-4-7-20-16(3)21-22(30-20)26-24(29-14-17-9-6-10-18(25)13-17)27(23(21)28)19-11-5-8-15(2)12-19/h5-6,8-13H,4,7,14H2,1-3H3. The van der Waals surface area contributed by atoms with Crippen LogP contribution < -0.4 is 5.56 Å². The highest BCUT2D eigenvalue weighted by Crippen LogP contribution is 2.32. The summed E-state index contributed by atoms with van der Waals surface area (Å²) in [4.78, 5) is 20.7. The summed E-state index contributed by atoms with van der Waals surface area (Å²) in [7, 11) is 0. The van der Waals surface area contributed by atoms with Crippen LogP contribution in [0.15, 0.2) is 58.5 Å². The molecule has 0 fully saturated rings. The first-order valence-corrected chi connectivity index (χ1v) is 12.1. The summed E-state index contributed by atoms with van der Waals surface area (Å²) in [5, 5.41) is 2.17. The summed E-state index contributed by atoms with van der Waals surface area (Å²) in [5.41, 5.74) is 4.15. The van der Waals surface area contributed by atoms with Gasteiger partial charge < -0.3 is 0 Å². The number of thioether (sulfide) groups is 1. The van der Waals surface area contributed by atoms with E-state index in [-0.39, 0.29) is 5.56 Å². The van der Waals surface area contributed by atoms with E-state index < -0.39 is 0 Å². The lowest BCUT2D eigenvalue weighted by Gasteiger charge is -2.13. The summed E-state index contributed by atoms with van der Waals surface area (Å²) >= 11 is 9.36. The zero-order chi connectivity index (χ0) is 21.3. The molecule has 6 heteroatoms. The lowest BCUT2D eigenvalue weighted by Crippen LogP contribution is -2.21. The van der Waals surface area contributed by atoms with Gasteiger partial charge in [0.25, 0.3) is 5.56 Å². The van der Waals surface area contributed by atoms with Crippen LogP contribution in [0.25, 0.3) is 15.9 Å². The molecule has 3 nitrogen and oxygen atoms in total. The van der Waals surface area contributed by atoms with Gasteiger partial charge >= 0.3 is 0 Å². The van der Waals surface area contributed by atoms with Gasteiger partial charge in [-0.05, 0) is 61.2 Å². The maximum absolute atomic E-state index is 13.7. The van der Waals surface area contributed by atoms with Crippen molar-refractivity contribution in [1.29, 1.82) is 0 Å². The van der Waals surface area contributed by atoms with Crippen LogP contribution in [0.1, 0.15) is 34.9 Å². The van der Waals surface area contributed by atoms with Gasteiger partial charge in [-0.1, -0.05) is 61.0 Å². The number of halogens is 1. The number of hydrogen-bond donors (Lipinski definition) is 0. The second kappa shape index (κ2) is 8.96. The van der Waals surface area contributed by atoms with Gasteiger partial charge in [-0.2, -0.15) is 0 Å². The van der Waals surface area contributed by atoms with Gasteiger partial charge in [-0.25, -0.2) is 4.98 Å².